The Bertz CT molecular complexity index is 758. The average molecular weight is 369 g/mol. The van der Waals surface area contributed by atoms with Crippen molar-refractivity contribution in [1.82, 2.24) is 14.7 Å². The maximum Gasteiger partial charge on any atom is 0.253 e. The first kappa shape index (κ1) is 21.1. The second kappa shape index (κ2) is 7.97. The van der Waals surface area contributed by atoms with Crippen LogP contribution in [0.2, 0.25) is 0 Å². The SMILES string of the molecule is Cc1cc(C)n(-c2ccc(C(=O)N(C)CC(C)(C)CN)cc2F)n1.Cl. The number of hydrogen-bond donors (Lipinski definition) is 1. The van der Waals surface area contributed by atoms with Crippen LogP contribution in [0.25, 0.3) is 5.69 Å². The molecule has 0 aliphatic heterocycles. The molecular weight excluding hydrogens is 343 g/mol. The van der Waals surface area contributed by atoms with E-state index < -0.39 is 5.82 Å². The minimum Gasteiger partial charge on any atom is -0.341 e. The predicted octanol–water partition coefficient (Wildman–Crippen LogP) is 3.11. The zero-order valence-corrected chi connectivity index (χ0v) is 16.2. The van der Waals surface area contributed by atoms with Gasteiger partial charge in [0.05, 0.1) is 5.69 Å². The van der Waals surface area contributed by atoms with Crippen LogP contribution in [-0.4, -0.2) is 40.7 Å². The van der Waals surface area contributed by atoms with Crippen molar-refractivity contribution in [1.29, 1.82) is 0 Å². The number of aryl methyl sites for hydroxylation is 2. The van der Waals surface area contributed by atoms with Gasteiger partial charge in [0.2, 0.25) is 0 Å². The van der Waals surface area contributed by atoms with Gasteiger partial charge >= 0.3 is 0 Å². The summed E-state index contributed by atoms with van der Waals surface area (Å²) >= 11 is 0. The highest BCUT2D eigenvalue weighted by atomic mass is 35.5. The summed E-state index contributed by atoms with van der Waals surface area (Å²) in [5.41, 5.74) is 7.83. The second-order valence-electron chi connectivity index (χ2n) is 7.03. The Balaban J connectivity index is 0.00000312. The number of halogens is 2. The molecule has 2 N–H and O–H groups in total. The van der Waals surface area contributed by atoms with Gasteiger partial charge in [0.15, 0.2) is 0 Å². The van der Waals surface area contributed by atoms with Gasteiger partial charge < -0.3 is 10.6 Å². The molecule has 0 aliphatic carbocycles. The molecule has 138 valence electrons. The quantitative estimate of drug-likeness (QED) is 0.881. The molecule has 1 aromatic heterocycles. The van der Waals surface area contributed by atoms with Crippen LogP contribution in [-0.2, 0) is 0 Å². The number of nitrogens with zero attached hydrogens (tertiary/aromatic N) is 3. The molecule has 0 saturated carbocycles. The van der Waals surface area contributed by atoms with E-state index in [2.05, 4.69) is 5.10 Å². The van der Waals surface area contributed by atoms with Crippen molar-refractivity contribution in [3.8, 4) is 5.69 Å². The lowest BCUT2D eigenvalue weighted by molar-refractivity contribution is 0.0740. The van der Waals surface area contributed by atoms with E-state index in [4.69, 9.17) is 5.73 Å². The van der Waals surface area contributed by atoms with Crippen LogP contribution in [0.5, 0.6) is 0 Å². The van der Waals surface area contributed by atoms with Gasteiger partial charge in [-0.25, -0.2) is 9.07 Å². The highest BCUT2D eigenvalue weighted by molar-refractivity contribution is 5.94. The number of rotatable bonds is 5. The summed E-state index contributed by atoms with van der Waals surface area (Å²) in [6.07, 6.45) is 0. The van der Waals surface area contributed by atoms with Crippen LogP contribution in [0.3, 0.4) is 0 Å². The summed E-state index contributed by atoms with van der Waals surface area (Å²) < 4.78 is 16.0. The largest absolute Gasteiger partial charge is 0.341 e. The van der Waals surface area contributed by atoms with Gasteiger partial charge in [0, 0.05) is 24.8 Å². The van der Waals surface area contributed by atoms with Crippen molar-refractivity contribution in [3.63, 3.8) is 0 Å². The minimum absolute atomic E-state index is 0. The number of carbonyl (C=O) groups is 1. The Morgan fingerprint density at radius 2 is 1.96 bits per heavy atom. The Morgan fingerprint density at radius 3 is 2.44 bits per heavy atom. The van der Waals surface area contributed by atoms with Crippen molar-refractivity contribution in [3.05, 3.63) is 47.0 Å². The maximum absolute atomic E-state index is 14.5. The zero-order chi connectivity index (χ0) is 18.1. The molecule has 0 fully saturated rings. The summed E-state index contributed by atoms with van der Waals surface area (Å²) in [4.78, 5) is 14.1. The first-order chi connectivity index (χ1) is 11.1. The second-order valence-corrected chi connectivity index (χ2v) is 7.03. The molecule has 0 atom stereocenters. The molecule has 0 radical (unpaired) electrons. The van der Waals surface area contributed by atoms with Crippen molar-refractivity contribution in [2.45, 2.75) is 27.7 Å². The maximum atomic E-state index is 14.5. The van der Waals surface area contributed by atoms with E-state index in [1.807, 2.05) is 33.8 Å². The van der Waals surface area contributed by atoms with Gasteiger partial charge in [-0.2, -0.15) is 5.10 Å². The third-order valence-corrected chi connectivity index (χ3v) is 4.00. The summed E-state index contributed by atoms with van der Waals surface area (Å²) in [7, 11) is 1.70. The van der Waals surface area contributed by atoms with Crippen LogP contribution in [0.1, 0.15) is 35.6 Å². The summed E-state index contributed by atoms with van der Waals surface area (Å²) in [6.45, 7) is 8.67. The number of nitrogens with two attached hydrogens (primary N) is 1. The van der Waals surface area contributed by atoms with E-state index in [-0.39, 0.29) is 23.7 Å². The van der Waals surface area contributed by atoms with Crippen molar-refractivity contribution in [2.24, 2.45) is 11.1 Å². The van der Waals surface area contributed by atoms with Crippen LogP contribution >= 0.6 is 12.4 Å². The molecule has 0 aliphatic rings. The van der Waals surface area contributed by atoms with Gasteiger partial charge in [0.25, 0.3) is 5.91 Å². The molecule has 7 heteroatoms. The molecule has 0 bridgehead atoms. The molecule has 2 aromatic rings. The number of carbonyl (C=O) groups excluding carboxylic acids is 1. The van der Waals surface area contributed by atoms with E-state index in [9.17, 15) is 9.18 Å². The highest BCUT2D eigenvalue weighted by Crippen LogP contribution is 2.20. The van der Waals surface area contributed by atoms with Crippen molar-refractivity contribution < 1.29 is 9.18 Å². The van der Waals surface area contributed by atoms with Crippen LogP contribution < -0.4 is 5.73 Å². The van der Waals surface area contributed by atoms with E-state index >= 15 is 0 Å². The van der Waals surface area contributed by atoms with Gasteiger partial charge in [-0.3, -0.25) is 4.79 Å². The minimum atomic E-state index is -0.474. The van der Waals surface area contributed by atoms with Gasteiger partial charge in [0.1, 0.15) is 11.5 Å². The summed E-state index contributed by atoms with van der Waals surface area (Å²) in [5.74, 6) is -0.700. The molecular formula is C18H26ClFN4O. The first-order valence-corrected chi connectivity index (χ1v) is 7.93. The van der Waals surface area contributed by atoms with Crippen LogP contribution in [0.4, 0.5) is 4.39 Å². The fourth-order valence-electron chi connectivity index (χ4n) is 2.68. The lowest BCUT2D eigenvalue weighted by Crippen LogP contribution is -2.39. The van der Waals surface area contributed by atoms with E-state index in [1.54, 1.807) is 28.8 Å². The molecule has 0 unspecified atom stereocenters. The fraction of sp³-hybridized carbons (Fsp3) is 0.444. The van der Waals surface area contributed by atoms with E-state index in [0.717, 1.165) is 11.4 Å². The van der Waals surface area contributed by atoms with E-state index in [0.29, 0.717) is 24.3 Å². The zero-order valence-electron chi connectivity index (χ0n) is 15.3. The van der Waals surface area contributed by atoms with Crippen LogP contribution in [0.15, 0.2) is 24.3 Å². The Labute approximate surface area is 154 Å². The third kappa shape index (κ3) is 4.80. The van der Waals surface area contributed by atoms with Crippen LogP contribution in [0, 0.1) is 25.1 Å². The number of hydrogen-bond acceptors (Lipinski definition) is 3. The number of benzene rings is 1. The fourth-order valence-corrected chi connectivity index (χ4v) is 2.68. The van der Waals surface area contributed by atoms with Crippen molar-refractivity contribution in [2.75, 3.05) is 20.1 Å². The lowest BCUT2D eigenvalue weighted by atomic mass is 9.93. The summed E-state index contributed by atoms with van der Waals surface area (Å²) in [5, 5.41) is 4.28. The molecule has 1 aromatic carbocycles. The number of amides is 1. The summed E-state index contributed by atoms with van der Waals surface area (Å²) in [6, 6.07) is 6.36. The molecule has 1 heterocycles. The standard InChI is InChI=1S/C18H25FN4O.ClH/c1-12-8-13(2)23(21-12)16-7-6-14(9-15(16)19)17(24)22(5)11-18(3,4)10-20;/h6-9H,10-11,20H2,1-5H3;1H. The third-order valence-electron chi connectivity index (χ3n) is 4.00. The van der Waals surface area contributed by atoms with Gasteiger partial charge in [-0.05, 0) is 50.1 Å². The predicted molar refractivity (Wildman–Crippen MR) is 100 cm³/mol. The topological polar surface area (TPSA) is 64.2 Å². The molecule has 0 saturated heterocycles. The van der Waals surface area contributed by atoms with E-state index in [1.165, 1.54) is 6.07 Å². The normalized spacial score (nSPS) is 11.2. The van der Waals surface area contributed by atoms with Gasteiger partial charge in [-0.1, -0.05) is 13.8 Å². The first-order valence-electron chi connectivity index (χ1n) is 7.93. The molecule has 0 spiro atoms. The van der Waals surface area contributed by atoms with Gasteiger partial charge in [-0.15, -0.1) is 12.4 Å². The highest BCUT2D eigenvalue weighted by Gasteiger charge is 2.22. The Hall–Kier alpha value is -1.92. The molecule has 2 rings (SSSR count). The van der Waals surface area contributed by atoms with Crippen molar-refractivity contribution >= 4 is 18.3 Å². The molecule has 1 amide bonds. The Morgan fingerprint density at radius 1 is 1.32 bits per heavy atom. The molecule has 5 nitrogen and oxygen atoms in total. The number of aromatic nitrogens is 2. The lowest BCUT2D eigenvalue weighted by Gasteiger charge is -2.29. The monoisotopic (exact) mass is 368 g/mol. The Kier molecular flexibility index (Phi) is 6.74. The smallest absolute Gasteiger partial charge is 0.253 e. The molecule has 25 heavy (non-hydrogen) atoms. The average Bonchev–Trinajstić information content (AvgIpc) is 2.84.